The Morgan fingerprint density at radius 2 is 2.29 bits per heavy atom. The fraction of sp³-hybridized carbons (Fsp3) is 1.00. The van der Waals surface area contributed by atoms with Gasteiger partial charge in [0.1, 0.15) is 0 Å². The van der Waals surface area contributed by atoms with E-state index in [1.807, 2.05) is 0 Å². The molecule has 7 heavy (non-hydrogen) atoms. The molecule has 0 saturated heterocycles. The van der Waals surface area contributed by atoms with E-state index in [0.717, 1.165) is 12.6 Å². The maximum absolute atomic E-state index is 3.38. The summed E-state index contributed by atoms with van der Waals surface area (Å²) < 4.78 is 0. The molecule has 0 heterocycles. The molecule has 42 valence electrons. The van der Waals surface area contributed by atoms with E-state index in [-0.39, 0.29) is 0 Å². The van der Waals surface area contributed by atoms with Gasteiger partial charge >= 0.3 is 0 Å². The molecule has 1 aliphatic carbocycles. The van der Waals surface area contributed by atoms with Crippen molar-refractivity contribution in [1.82, 2.24) is 5.32 Å². The smallest absolute Gasteiger partial charge is 0.00669 e. The molecule has 0 spiro atoms. The van der Waals surface area contributed by atoms with Crippen LogP contribution >= 0.6 is 0 Å². The molecule has 0 aromatic rings. The molecule has 1 aliphatic rings. The molecule has 0 aliphatic heterocycles. The van der Waals surface area contributed by atoms with Gasteiger partial charge in [0, 0.05) is 6.04 Å². The van der Waals surface area contributed by atoms with E-state index in [2.05, 4.69) is 12.2 Å². The van der Waals surface area contributed by atoms with Gasteiger partial charge in [-0.15, -0.1) is 0 Å². The van der Waals surface area contributed by atoms with Gasteiger partial charge in [-0.05, 0) is 19.4 Å². The van der Waals surface area contributed by atoms with Crippen LogP contribution in [0.4, 0.5) is 0 Å². The zero-order chi connectivity index (χ0) is 5.11. The summed E-state index contributed by atoms with van der Waals surface area (Å²) in [5, 5.41) is 3.38. The van der Waals surface area contributed by atoms with Crippen LogP contribution in [0, 0.1) is 0 Å². The first-order valence-corrected chi connectivity index (χ1v) is 3.17. The highest BCUT2D eigenvalue weighted by molar-refractivity contribution is 4.74. The fourth-order valence-electron chi connectivity index (χ4n) is 0.901. The van der Waals surface area contributed by atoms with E-state index in [4.69, 9.17) is 0 Å². The normalized spacial score (nSPS) is 21.9. The van der Waals surface area contributed by atoms with E-state index in [9.17, 15) is 0 Å². The van der Waals surface area contributed by atoms with Gasteiger partial charge in [0.2, 0.25) is 0 Å². The lowest BCUT2D eigenvalue weighted by atomic mass is 9.93. The molecule has 0 unspecified atom stereocenters. The quantitative estimate of drug-likeness (QED) is 0.547. The average Bonchev–Trinajstić information content (AvgIpc) is 1.55. The second-order valence-corrected chi connectivity index (χ2v) is 2.19. The maximum atomic E-state index is 3.38. The van der Waals surface area contributed by atoms with E-state index >= 15 is 0 Å². The summed E-state index contributed by atoms with van der Waals surface area (Å²) in [7, 11) is 0. The van der Waals surface area contributed by atoms with Crippen molar-refractivity contribution in [3.8, 4) is 0 Å². The molecule has 0 aromatic carbocycles. The first-order valence-electron chi connectivity index (χ1n) is 3.17. The third-order valence-electron chi connectivity index (χ3n) is 1.60. The van der Waals surface area contributed by atoms with Gasteiger partial charge in [-0.25, -0.2) is 0 Å². The summed E-state index contributed by atoms with van der Waals surface area (Å²) in [5.74, 6) is 0. The Hall–Kier alpha value is -0.0400. The van der Waals surface area contributed by atoms with Crippen molar-refractivity contribution in [3.63, 3.8) is 0 Å². The minimum Gasteiger partial charge on any atom is -0.314 e. The van der Waals surface area contributed by atoms with Gasteiger partial charge in [0.05, 0.1) is 0 Å². The highest BCUT2D eigenvalue weighted by atomic mass is 14.9. The van der Waals surface area contributed by atoms with Gasteiger partial charge < -0.3 is 5.32 Å². The first-order chi connectivity index (χ1) is 3.43. The fourth-order valence-corrected chi connectivity index (χ4v) is 0.901. The van der Waals surface area contributed by atoms with Crippen LogP contribution in [-0.2, 0) is 0 Å². The first kappa shape index (κ1) is 5.10. The number of rotatable bonds is 2. The largest absolute Gasteiger partial charge is 0.314 e. The van der Waals surface area contributed by atoms with Crippen molar-refractivity contribution in [2.24, 2.45) is 0 Å². The van der Waals surface area contributed by atoms with Crippen molar-refractivity contribution in [2.45, 2.75) is 32.2 Å². The van der Waals surface area contributed by atoms with Crippen LogP contribution in [0.5, 0.6) is 0 Å². The highest BCUT2D eigenvalue weighted by Crippen LogP contribution is 2.17. The summed E-state index contributed by atoms with van der Waals surface area (Å²) in [6.45, 7) is 3.31. The van der Waals surface area contributed by atoms with Crippen LogP contribution in [-0.4, -0.2) is 12.6 Å². The lowest BCUT2D eigenvalue weighted by Gasteiger charge is -2.25. The summed E-state index contributed by atoms with van der Waals surface area (Å²) in [4.78, 5) is 0. The van der Waals surface area contributed by atoms with Crippen LogP contribution in [0.1, 0.15) is 26.2 Å². The number of nitrogens with one attached hydrogen (secondary N) is 1. The Bertz CT molecular complexity index is 48.1. The third kappa shape index (κ3) is 1.16. The summed E-state index contributed by atoms with van der Waals surface area (Å²) in [6, 6.07) is 0.880. The van der Waals surface area contributed by atoms with Gasteiger partial charge in [-0.3, -0.25) is 0 Å². The molecule has 0 amide bonds. The zero-order valence-electron chi connectivity index (χ0n) is 4.91. The molecule has 1 saturated carbocycles. The lowest BCUT2D eigenvalue weighted by Crippen LogP contribution is -2.34. The second-order valence-electron chi connectivity index (χ2n) is 2.19. The molecule has 1 fully saturated rings. The van der Waals surface area contributed by atoms with Crippen LogP contribution < -0.4 is 5.32 Å². The summed E-state index contributed by atoms with van der Waals surface area (Å²) in [5.41, 5.74) is 0. The molecular formula is C6H13N. The highest BCUT2D eigenvalue weighted by Gasteiger charge is 2.14. The van der Waals surface area contributed by atoms with E-state index in [0.29, 0.717) is 0 Å². The second kappa shape index (κ2) is 2.31. The van der Waals surface area contributed by atoms with Crippen molar-refractivity contribution < 1.29 is 0 Å². The minimum absolute atomic E-state index is 0.880. The Labute approximate surface area is 45.1 Å². The van der Waals surface area contributed by atoms with Gasteiger partial charge in [0.15, 0.2) is 0 Å². The molecule has 1 nitrogen and oxygen atoms in total. The SMILES string of the molecule is CCNC1CCC1. The summed E-state index contributed by atoms with van der Waals surface area (Å²) >= 11 is 0. The van der Waals surface area contributed by atoms with Crippen LogP contribution in [0.15, 0.2) is 0 Å². The third-order valence-corrected chi connectivity index (χ3v) is 1.60. The lowest BCUT2D eigenvalue weighted by molar-refractivity contribution is 0.346. The predicted molar refractivity (Wildman–Crippen MR) is 31.3 cm³/mol. The van der Waals surface area contributed by atoms with Gasteiger partial charge in [-0.2, -0.15) is 0 Å². The standard InChI is InChI=1S/C6H13N/c1-2-7-6-4-3-5-6/h6-7H,2-5H2,1H3. The molecular weight excluding hydrogens is 86.1 g/mol. The average molecular weight is 99.2 g/mol. The zero-order valence-corrected chi connectivity index (χ0v) is 4.91. The van der Waals surface area contributed by atoms with Crippen LogP contribution in [0.25, 0.3) is 0 Å². The molecule has 1 heteroatoms. The maximum Gasteiger partial charge on any atom is 0.00669 e. The Balaban J connectivity index is 1.93. The van der Waals surface area contributed by atoms with Gasteiger partial charge in [-0.1, -0.05) is 13.3 Å². The van der Waals surface area contributed by atoms with Crippen LogP contribution in [0.2, 0.25) is 0 Å². The monoisotopic (exact) mass is 99.1 g/mol. The Morgan fingerprint density at radius 3 is 2.43 bits per heavy atom. The Morgan fingerprint density at radius 1 is 1.57 bits per heavy atom. The minimum atomic E-state index is 0.880. The van der Waals surface area contributed by atoms with E-state index < -0.39 is 0 Å². The predicted octanol–water partition coefficient (Wildman–Crippen LogP) is 1.15. The number of hydrogen-bond acceptors (Lipinski definition) is 1. The number of hydrogen-bond donors (Lipinski definition) is 1. The van der Waals surface area contributed by atoms with E-state index in [1.54, 1.807) is 0 Å². The molecule has 0 aromatic heterocycles. The van der Waals surface area contributed by atoms with Crippen molar-refractivity contribution in [2.75, 3.05) is 6.54 Å². The van der Waals surface area contributed by atoms with Crippen molar-refractivity contribution in [1.29, 1.82) is 0 Å². The molecule has 0 radical (unpaired) electrons. The molecule has 1 rings (SSSR count). The van der Waals surface area contributed by atoms with Crippen molar-refractivity contribution >= 4 is 0 Å². The molecule has 0 atom stereocenters. The van der Waals surface area contributed by atoms with Crippen LogP contribution in [0.3, 0.4) is 0 Å². The molecule has 1 N–H and O–H groups in total. The summed E-state index contributed by atoms with van der Waals surface area (Å²) in [6.07, 6.45) is 4.26. The van der Waals surface area contributed by atoms with Gasteiger partial charge in [0.25, 0.3) is 0 Å². The van der Waals surface area contributed by atoms with Crippen molar-refractivity contribution in [3.05, 3.63) is 0 Å². The van der Waals surface area contributed by atoms with E-state index in [1.165, 1.54) is 19.3 Å². The Kier molecular flexibility index (Phi) is 1.69. The topological polar surface area (TPSA) is 12.0 Å². The molecule has 0 bridgehead atoms.